The number of hydrogen-bond donors (Lipinski definition) is 4. The Morgan fingerprint density at radius 2 is 2.00 bits per heavy atom. The van der Waals surface area contributed by atoms with Crippen LogP contribution in [0.2, 0.25) is 0 Å². The van der Waals surface area contributed by atoms with E-state index in [1.165, 1.54) is 11.3 Å². The molecule has 0 aliphatic carbocycles. The van der Waals surface area contributed by atoms with Crippen LogP contribution in [0.15, 0.2) is 0 Å². The highest BCUT2D eigenvalue weighted by Crippen LogP contribution is 2.27. The normalized spacial score (nSPS) is 12.6. The first kappa shape index (κ1) is 17.2. The number of anilines is 2. The lowest BCUT2D eigenvalue weighted by Crippen LogP contribution is -2.44. The monoisotopic (exact) mass is 313 g/mol. The fraction of sp³-hybridized carbons (Fsp3) is 0.615. The van der Waals surface area contributed by atoms with E-state index in [9.17, 15) is 9.59 Å². The molecule has 8 heteroatoms. The molecule has 5 N–H and O–H groups in total. The molecule has 0 bridgehead atoms. The van der Waals surface area contributed by atoms with Crippen molar-refractivity contribution in [1.82, 2.24) is 15.6 Å². The Labute approximate surface area is 128 Å². The van der Waals surface area contributed by atoms with Gasteiger partial charge >= 0.3 is 0 Å². The van der Waals surface area contributed by atoms with Crippen molar-refractivity contribution in [3.8, 4) is 0 Å². The predicted octanol–water partition coefficient (Wildman–Crippen LogP) is 1.19. The van der Waals surface area contributed by atoms with E-state index in [0.29, 0.717) is 16.6 Å². The summed E-state index contributed by atoms with van der Waals surface area (Å²) >= 11 is 1.17. The van der Waals surface area contributed by atoms with Crippen LogP contribution in [0.25, 0.3) is 0 Å². The van der Waals surface area contributed by atoms with E-state index in [-0.39, 0.29) is 17.3 Å². The van der Waals surface area contributed by atoms with Crippen LogP contribution in [-0.4, -0.2) is 34.9 Å². The molecule has 0 saturated heterocycles. The molecule has 1 aromatic heterocycles. The van der Waals surface area contributed by atoms with Gasteiger partial charge in [0.2, 0.25) is 5.91 Å². The molecular formula is C13H23N5O2S. The molecule has 0 radical (unpaired) electrons. The van der Waals surface area contributed by atoms with E-state index in [4.69, 9.17) is 5.73 Å². The second-order valence-electron chi connectivity index (χ2n) is 5.70. The highest BCUT2D eigenvalue weighted by atomic mass is 32.1. The van der Waals surface area contributed by atoms with Crippen LogP contribution < -0.4 is 21.7 Å². The lowest BCUT2D eigenvalue weighted by Gasteiger charge is -2.19. The van der Waals surface area contributed by atoms with Gasteiger partial charge in [-0.05, 0) is 34.6 Å². The van der Waals surface area contributed by atoms with E-state index >= 15 is 0 Å². The molecule has 2 amide bonds. The maximum atomic E-state index is 12.1. The number of amides is 2. The quantitative estimate of drug-likeness (QED) is 0.653. The third kappa shape index (κ3) is 5.22. The highest BCUT2D eigenvalue weighted by Gasteiger charge is 2.22. The zero-order valence-electron chi connectivity index (χ0n) is 13.0. The van der Waals surface area contributed by atoms with Gasteiger partial charge in [0, 0.05) is 12.1 Å². The van der Waals surface area contributed by atoms with Gasteiger partial charge in [-0.15, -0.1) is 0 Å². The van der Waals surface area contributed by atoms with Crippen LogP contribution in [0.4, 0.5) is 10.9 Å². The topological polar surface area (TPSA) is 109 Å². The van der Waals surface area contributed by atoms with Crippen molar-refractivity contribution in [2.45, 2.75) is 46.2 Å². The van der Waals surface area contributed by atoms with Crippen molar-refractivity contribution in [1.29, 1.82) is 0 Å². The molecule has 0 aliphatic heterocycles. The molecule has 1 atom stereocenters. The third-order valence-electron chi connectivity index (χ3n) is 2.43. The minimum atomic E-state index is -0.627. The molecule has 21 heavy (non-hydrogen) atoms. The second-order valence-corrected chi connectivity index (χ2v) is 6.70. The molecule has 0 saturated carbocycles. The van der Waals surface area contributed by atoms with Gasteiger partial charge in [0.1, 0.15) is 16.7 Å². The van der Waals surface area contributed by atoms with Gasteiger partial charge in [0.15, 0.2) is 5.13 Å². The lowest BCUT2D eigenvalue weighted by atomic mass is 10.1. The van der Waals surface area contributed by atoms with Gasteiger partial charge in [-0.3, -0.25) is 9.59 Å². The van der Waals surface area contributed by atoms with Crippen LogP contribution in [0.3, 0.4) is 0 Å². The van der Waals surface area contributed by atoms with Crippen molar-refractivity contribution in [2.24, 2.45) is 0 Å². The number of nitrogens with zero attached hydrogens (tertiary/aromatic N) is 1. The molecule has 118 valence electrons. The summed E-state index contributed by atoms with van der Waals surface area (Å²) in [5.41, 5.74) is 5.60. The van der Waals surface area contributed by atoms with Gasteiger partial charge in [-0.25, -0.2) is 4.98 Å². The van der Waals surface area contributed by atoms with Crippen molar-refractivity contribution in [3.05, 3.63) is 4.88 Å². The number of hydrogen-bond acceptors (Lipinski definition) is 6. The molecule has 0 spiro atoms. The summed E-state index contributed by atoms with van der Waals surface area (Å²) in [6, 6.07) is -0.627. The van der Waals surface area contributed by atoms with Gasteiger partial charge < -0.3 is 21.7 Å². The van der Waals surface area contributed by atoms with Gasteiger partial charge in [-0.1, -0.05) is 11.3 Å². The van der Waals surface area contributed by atoms with Crippen molar-refractivity contribution < 1.29 is 9.59 Å². The van der Waals surface area contributed by atoms with E-state index < -0.39 is 11.9 Å². The number of thiazole rings is 1. The van der Waals surface area contributed by atoms with Crippen LogP contribution >= 0.6 is 11.3 Å². The molecule has 7 nitrogen and oxygen atoms in total. The molecular weight excluding hydrogens is 290 g/mol. The third-order valence-corrected chi connectivity index (χ3v) is 3.42. The first-order valence-corrected chi connectivity index (χ1v) is 7.58. The zero-order chi connectivity index (χ0) is 16.2. The van der Waals surface area contributed by atoms with Crippen LogP contribution in [0.1, 0.15) is 44.3 Å². The van der Waals surface area contributed by atoms with Crippen LogP contribution in [-0.2, 0) is 4.79 Å². The SMILES string of the molecule is CCNC(=O)C(C)NC(=O)c1sc(NC(C)(C)C)nc1N. The van der Waals surface area contributed by atoms with E-state index in [2.05, 4.69) is 20.9 Å². The summed E-state index contributed by atoms with van der Waals surface area (Å²) in [4.78, 5) is 28.2. The number of nitrogens with one attached hydrogen (secondary N) is 3. The van der Waals surface area contributed by atoms with E-state index in [0.717, 1.165) is 0 Å². The summed E-state index contributed by atoms with van der Waals surface area (Å²) in [6.45, 7) is 9.92. The number of likely N-dealkylation sites (N-methyl/N-ethyl adjacent to an activating group) is 1. The second kappa shape index (κ2) is 6.75. The Hall–Kier alpha value is -1.83. The van der Waals surface area contributed by atoms with Crippen molar-refractivity contribution >= 4 is 34.1 Å². The zero-order valence-corrected chi connectivity index (χ0v) is 13.9. The molecule has 1 heterocycles. The van der Waals surface area contributed by atoms with Crippen molar-refractivity contribution in [2.75, 3.05) is 17.6 Å². The molecule has 0 aliphatic rings. The number of rotatable bonds is 5. The first-order chi connectivity index (χ1) is 9.64. The summed E-state index contributed by atoms with van der Waals surface area (Å²) in [7, 11) is 0. The number of nitrogens with two attached hydrogens (primary N) is 1. The Bertz CT molecular complexity index is 521. The number of aromatic nitrogens is 1. The standard InChI is InChI=1S/C13H23N5O2S/c1-6-15-10(19)7(2)16-11(20)8-9(14)17-12(21-8)18-13(3,4)5/h7H,6,14H2,1-5H3,(H,15,19)(H,16,20)(H,17,18). The number of carbonyl (C=O) groups excluding carboxylic acids is 2. The Morgan fingerprint density at radius 3 is 2.52 bits per heavy atom. The largest absolute Gasteiger partial charge is 0.382 e. The minimum Gasteiger partial charge on any atom is -0.382 e. The average Bonchev–Trinajstić information content (AvgIpc) is 2.67. The number of carbonyl (C=O) groups is 2. The molecule has 1 rings (SSSR count). The van der Waals surface area contributed by atoms with E-state index in [1.54, 1.807) is 6.92 Å². The smallest absolute Gasteiger partial charge is 0.265 e. The van der Waals surface area contributed by atoms with Gasteiger partial charge in [0.05, 0.1) is 0 Å². The summed E-state index contributed by atoms with van der Waals surface area (Å²) in [5, 5.41) is 8.99. The molecule has 0 fully saturated rings. The molecule has 1 unspecified atom stereocenters. The summed E-state index contributed by atoms with van der Waals surface area (Å²) in [6.07, 6.45) is 0. The van der Waals surface area contributed by atoms with Gasteiger partial charge in [-0.2, -0.15) is 0 Å². The fourth-order valence-electron chi connectivity index (χ4n) is 1.52. The Kier molecular flexibility index (Phi) is 5.54. The summed E-state index contributed by atoms with van der Waals surface area (Å²) in [5.74, 6) is -0.472. The van der Waals surface area contributed by atoms with Crippen LogP contribution in [0.5, 0.6) is 0 Å². The highest BCUT2D eigenvalue weighted by molar-refractivity contribution is 7.18. The number of nitrogen functional groups attached to an aromatic ring is 1. The maximum absolute atomic E-state index is 12.1. The van der Waals surface area contributed by atoms with Crippen molar-refractivity contribution in [3.63, 3.8) is 0 Å². The van der Waals surface area contributed by atoms with Gasteiger partial charge in [0.25, 0.3) is 5.91 Å². The maximum Gasteiger partial charge on any atom is 0.265 e. The predicted molar refractivity (Wildman–Crippen MR) is 85.5 cm³/mol. The lowest BCUT2D eigenvalue weighted by molar-refractivity contribution is -0.122. The average molecular weight is 313 g/mol. The Balaban J connectivity index is 2.77. The fourth-order valence-corrected chi connectivity index (χ4v) is 2.52. The first-order valence-electron chi connectivity index (χ1n) is 6.77. The molecule has 0 aromatic carbocycles. The van der Waals surface area contributed by atoms with Crippen LogP contribution in [0, 0.1) is 0 Å². The summed E-state index contributed by atoms with van der Waals surface area (Å²) < 4.78 is 0. The molecule has 1 aromatic rings. The minimum absolute atomic E-state index is 0.160. The van der Waals surface area contributed by atoms with E-state index in [1.807, 2.05) is 27.7 Å². The Morgan fingerprint density at radius 1 is 1.38 bits per heavy atom.